The van der Waals surface area contributed by atoms with Crippen molar-refractivity contribution in [2.75, 3.05) is 27.7 Å². The minimum atomic E-state index is -0.503. The van der Waals surface area contributed by atoms with Crippen LogP contribution in [0.5, 0.6) is 5.75 Å². The zero-order valence-corrected chi connectivity index (χ0v) is 12.6. The summed E-state index contributed by atoms with van der Waals surface area (Å²) in [7, 11) is 4.73. The van der Waals surface area contributed by atoms with Crippen molar-refractivity contribution in [1.82, 2.24) is 14.9 Å². The maximum Gasteiger partial charge on any atom is 0.409 e. The molecule has 1 aromatic rings. The normalized spacial score (nSPS) is 11.7. The molecule has 1 aromatic heterocycles. The average molecular weight is 295 g/mol. The van der Waals surface area contributed by atoms with Gasteiger partial charge in [-0.1, -0.05) is 0 Å². The van der Waals surface area contributed by atoms with Crippen LogP contribution >= 0.6 is 0 Å². The Labute approximate surface area is 123 Å². The van der Waals surface area contributed by atoms with Crippen molar-refractivity contribution in [2.24, 2.45) is 11.6 Å². The lowest BCUT2D eigenvalue weighted by Gasteiger charge is -2.20. The van der Waals surface area contributed by atoms with Crippen LogP contribution in [0.3, 0.4) is 0 Å². The highest BCUT2D eigenvalue weighted by Gasteiger charge is 2.14. The van der Waals surface area contributed by atoms with E-state index in [1.165, 1.54) is 16.0 Å². The molecular formula is C13H21N5O3. The average Bonchev–Trinajstić information content (AvgIpc) is 2.41. The first kappa shape index (κ1) is 16.6. The van der Waals surface area contributed by atoms with Crippen LogP contribution in [0.2, 0.25) is 0 Å². The molecule has 1 heterocycles. The van der Waals surface area contributed by atoms with E-state index in [4.69, 9.17) is 16.3 Å². The molecule has 0 radical (unpaired) electrons. The zero-order chi connectivity index (χ0) is 16.2. The molecule has 1 rings (SSSR count). The number of hydrogen-bond acceptors (Lipinski definition) is 7. The van der Waals surface area contributed by atoms with E-state index in [0.717, 1.165) is 0 Å². The number of nitrogens with two attached hydrogens (primary N) is 2. The van der Waals surface area contributed by atoms with E-state index in [9.17, 15) is 9.90 Å². The van der Waals surface area contributed by atoms with Gasteiger partial charge in [0.25, 0.3) is 0 Å². The zero-order valence-electron chi connectivity index (χ0n) is 12.6. The lowest BCUT2D eigenvalue weighted by molar-refractivity contribution is 0.120. The minimum Gasteiger partial charge on any atom is -0.506 e. The van der Waals surface area contributed by atoms with Gasteiger partial charge in [-0.15, -0.1) is 0 Å². The third-order valence-electron chi connectivity index (χ3n) is 2.77. The second kappa shape index (κ2) is 6.80. The number of aromatic nitrogens is 1. The molecule has 0 saturated heterocycles. The first-order valence-corrected chi connectivity index (χ1v) is 6.22. The van der Waals surface area contributed by atoms with E-state index < -0.39 is 6.09 Å². The Bertz CT molecular complexity index is 555. The van der Waals surface area contributed by atoms with Gasteiger partial charge in [0.1, 0.15) is 12.4 Å². The molecule has 0 fully saturated rings. The fourth-order valence-electron chi connectivity index (χ4n) is 1.48. The van der Waals surface area contributed by atoms with Crippen LogP contribution in [0.25, 0.3) is 5.70 Å². The van der Waals surface area contributed by atoms with Crippen LogP contribution in [0.1, 0.15) is 11.4 Å². The largest absolute Gasteiger partial charge is 0.506 e. The molecule has 0 spiro atoms. The topological polar surface area (TPSA) is 118 Å². The van der Waals surface area contributed by atoms with Gasteiger partial charge in [-0.05, 0) is 19.1 Å². The smallest absolute Gasteiger partial charge is 0.409 e. The van der Waals surface area contributed by atoms with Crippen molar-refractivity contribution in [1.29, 1.82) is 0 Å². The standard InChI is InChI=1S/C13H21N5O3/c1-8-11(19)6-5-9(16-8)12(14)10(18(4)15)7-21-13(20)17(2)3/h5-6,19H,7,14-15H2,1-4H3/b12-10-. The second-order valence-corrected chi connectivity index (χ2v) is 4.72. The molecule has 1 amide bonds. The van der Waals surface area contributed by atoms with Gasteiger partial charge in [-0.3, -0.25) is 0 Å². The number of hydrazine groups is 1. The Kier molecular flexibility index (Phi) is 5.37. The van der Waals surface area contributed by atoms with Gasteiger partial charge in [-0.2, -0.15) is 0 Å². The first-order chi connectivity index (χ1) is 9.73. The monoisotopic (exact) mass is 295 g/mol. The molecule has 8 nitrogen and oxygen atoms in total. The predicted octanol–water partition coefficient (Wildman–Crippen LogP) is 0.227. The van der Waals surface area contributed by atoms with Gasteiger partial charge >= 0.3 is 6.09 Å². The molecule has 0 bridgehead atoms. The summed E-state index contributed by atoms with van der Waals surface area (Å²) in [5.41, 5.74) is 7.60. The van der Waals surface area contributed by atoms with Crippen LogP contribution in [-0.2, 0) is 4.74 Å². The van der Waals surface area contributed by atoms with Crippen molar-refractivity contribution in [3.8, 4) is 5.75 Å². The van der Waals surface area contributed by atoms with E-state index >= 15 is 0 Å². The number of hydrogen-bond donors (Lipinski definition) is 3. The van der Waals surface area contributed by atoms with Gasteiger partial charge in [-0.25, -0.2) is 15.6 Å². The Morgan fingerprint density at radius 1 is 1.38 bits per heavy atom. The third-order valence-corrected chi connectivity index (χ3v) is 2.77. The van der Waals surface area contributed by atoms with Crippen molar-refractivity contribution in [3.63, 3.8) is 0 Å². The fourth-order valence-corrected chi connectivity index (χ4v) is 1.48. The highest BCUT2D eigenvalue weighted by atomic mass is 16.6. The van der Waals surface area contributed by atoms with E-state index in [1.54, 1.807) is 34.1 Å². The Hall–Kier alpha value is -2.48. The number of carbonyl (C=O) groups excluding carboxylic acids is 1. The number of aromatic hydroxyl groups is 1. The van der Waals surface area contributed by atoms with E-state index in [0.29, 0.717) is 17.1 Å². The van der Waals surface area contributed by atoms with E-state index in [-0.39, 0.29) is 18.1 Å². The maximum absolute atomic E-state index is 11.5. The van der Waals surface area contributed by atoms with Crippen molar-refractivity contribution in [2.45, 2.75) is 6.92 Å². The quantitative estimate of drug-likeness (QED) is 0.537. The van der Waals surface area contributed by atoms with Crippen LogP contribution in [0.15, 0.2) is 17.8 Å². The van der Waals surface area contributed by atoms with Gasteiger partial charge in [0.2, 0.25) is 0 Å². The molecule has 0 atom stereocenters. The molecule has 0 aliphatic carbocycles. The minimum absolute atomic E-state index is 0.0771. The molecule has 0 aliphatic rings. The summed E-state index contributed by atoms with van der Waals surface area (Å²) in [5.74, 6) is 5.80. The lowest BCUT2D eigenvalue weighted by Crippen LogP contribution is -2.32. The molecule has 0 aliphatic heterocycles. The molecule has 21 heavy (non-hydrogen) atoms. The number of nitrogens with zero attached hydrogens (tertiary/aromatic N) is 3. The molecule has 0 aromatic carbocycles. The van der Waals surface area contributed by atoms with Crippen molar-refractivity contribution < 1.29 is 14.6 Å². The number of carbonyl (C=O) groups is 1. The highest BCUT2D eigenvalue weighted by Crippen LogP contribution is 2.18. The van der Waals surface area contributed by atoms with E-state index in [2.05, 4.69) is 4.98 Å². The summed E-state index contributed by atoms with van der Waals surface area (Å²) in [6, 6.07) is 3.05. The number of ether oxygens (including phenoxy) is 1. The molecular weight excluding hydrogens is 274 g/mol. The number of amides is 1. The Morgan fingerprint density at radius 3 is 2.48 bits per heavy atom. The SMILES string of the molecule is Cc1nc(/C(N)=C(\COC(=O)N(C)C)N(C)N)ccc1O. The summed E-state index contributed by atoms with van der Waals surface area (Å²) in [5, 5.41) is 10.7. The molecule has 0 saturated carbocycles. The van der Waals surface area contributed by atoms with Crippen LogP contribution in [-0.4, -0.2) is 53.8 Å². The maximum atomic E-state index is 11.5. The van der Waals surface area contributed by atoms with Gasteiger partial charge in [0.15, 0.2) is 0 Å². The Morgan fingerprint density at radius 2 is 2.00 bits per heavy atom. The van der Waals surface area contributed by atoms with Crippen molar-refractivity contribution in [3.05, 3.63) is 29.2 Å². The molecule has 116 valence electrons. The Balaban J connectivity index is 3.05. The van der Waals surface area contributed by atoms with Crippen LogP contribution in [0.4, 0.5) is 4.79 Å². The lowest BCUT2D eigenvalue weighted by atomic mass is 10.2. The van der Waals surface area contributed by atoms with Gasteiger partial charge in [0, 0.05) is 21.1 Å². The first-order valence-electron chi connectivity index (χ1n) is 6.22. The summed E-state index contributed by atoms with van der Waals surface area (Å²) in [4.78, 5) is 16.9. The van der Waals surface area contributed by atoms with Crippen LogP contribution in [0, 0.1) is 6.92 Å². The summed E-state index contributed by atoms with van der Waals surface area (Å²) >= 11 is 0. The van der Waals surface area contributed by atoms with Crippen LogP contribution < -0.4 is 11.6 Å². The number of pyridine rings is 1. The van der Waals surface area contributed by atoms with E-state index in [1.807, 2.05) is 0 Å². The number of rotatable bonds is 4. The van der Waals surface area contributed by atoms with Crippen molar-refractivity contribution >= 4 is 11.8 Å². The predicted molar refractivity (Wildman–Crippen MR) is 78.7 cm³/mol. The van der Waals surface area contributed by atoms with Gasteiger partial charge in [0.05, 0.1) is 22.8 Å². The molecule has 0 unspecified atom stereocenters. The third kappa shape index (κ3) is 4.25. The summed E-state index contributed by atoms with van der Waals surface area (Å²) in [6.45, 7) is 1.57. The number of likely N-dealkylation sites (N-methyl/N-ethyl adjacent to an activating group) is 1. The van der Waals surface area contributed by atoms with Gasteiger partial charge < -0.3 is 25.5 Å². The molecule has 8 heteroatoms. The molecule has 5 N–H and O–H groups in total. The summed E-state index contributed by atoms with van der Waals surface area (Å²) < 4.78 is 5.07. The summed E-state index contributed by atoms with van der Waals surface area (Å²) in [6.07, 6.45) is -0.503. The fraction of sp³-hybridized carbons (Fsp3) is 0.385. The second-order valence-electron chi connectivity index (χ2n) is 4.72. The number of aryl methyl sites for hydroxylation is 1. The highest BCUT2D eigenvalue weighted by molar-refractivity contribution is 5.68.